The van der Waals surface area contributed by atoms with E-state index in [0.717, 1.165) is 53.7 Å². The molecule has 2 aliphatic rings. The van der Waals surface area contributed by atoms with Crippen molar-refractivity contribution >= 4 is 23.3 Å². The first kappa shape index (κ1) is 24.9. The lowest BCUT2D eigenvalue weighted by Crippen LogP contribution is -2.38. The molecule has 37 heavy (non-hydrogen) atoms. The van der Waals surface area contributed by atoms with E-state index in [4.69, 9.17) is 0 Å². The fourth-order valence-corrected chi connectivity index (χ4v) is 5.54. The van der Waals surface area contributed by atoms with Crippen LogP contribution in [0.3, 0.4) is 0 Å². The molecular formula is C31H33N3O3. The van der Waals surface area contributed by atoms with Gasteiger partial charge in [0, 0.05) is 54.1 Å². The van der Waals surface area contributed by atoms with Crippen LogP contribution in [0.15, 0.2) is 60.7 Å². The van der Waals surface area contributed by atoms with Crippen molar-refractivity contribution in [3.05, 3.63) is 88.5 Å². The summed E-state index contributed by atoms with van der Waals surface area (Å²) in [7, 11) is 0. The highest BCUT2D eigenvalue weighted by Crippen LogP contribution is 2.39. The van der Waals surface area contributed by atoms with Gasteiger partial charge < -0.3 is 10.2 Å². The van der Waals surface area contributed by atoms with Gasteiger partial charge in [-0.25, -0.2) is 0 Å². The molecule has 1 N–H and O–H groups in total. The Balaban J connectivity index is 1.27. The Bertz CT molecular complexity index is 1340. The quantitative estimate of drug-likeness (QED) is 0.417. The molecule has 1 saturated heterocycles. The molecule has 0 radical (unpaired) electrons. The van der Waals surface area contributed by atoms with Crippen LogP contribution in [0.5, 0.6) is 0 Å². The van der Waals surface area contributed by atoms with E-state index in [1.54, 1.807) is 12.1 Å². The highest BCUT2D eigenvalue weighted by Gasteiger charge is 2.32. The summed E-state index contributed by atoms with van der Waals surface area (Å²) in [6.07, 6.45) is 2.52. The SMILES string of the molecule is CCc1cccc(CC)c1NC(=O)CN1CCCN(C(=O)c2cccc3c2-c2ccccc2C3=O)CC1. The number of carbonyl (C=O) groups is 3. The Morgan fingerprint density at radius 1 is 0.784 bits per heavy atom. The molecule has 190 valence electrons. The van der Waals surface area contributed by atoms with E-state index >= 15 is 0 Å². The third kappa shape index (κ3) is 4.81. The van der Waals surface area contributed by atoms with Gasteiger partial charge in [0.05, 0.1) is 6.54 Å². The molecule has 5 rings (SSSR count). The molecule has 1 fully saturated rings. The number of nitrogens with zero attached hydrogens (tertiary/aromatic N) is 2. The number of anilines is 1. The van der Waals surface area contributed by atoms with Crippen LogP contribution in [0.2, 0.25) is 0 Å². The monoisotopic (exact) mass is 495 g/mol. The topological polar surface area (TPSA) is 69.7 Å². The standard InChI is InChI=1S/C31H33N3O3/c1-3-21-10-7-11-22(4-2)29(21)32-27(35)20-33-16-9-17-34(19-18-33)31(37)26-15-8-14-25-28(26)23-12-5-6-13-24(23)30(25)36/h5-8,10-15H,3-4,9,16-20H2,1-2H3,(H,32,35). The van der Waals surface area contributed by atoms with E-state index < -0.39 is 0 Å². The number of aryl methyl sites for hydroxylation is 2. The van der Waals surface area contributed by atoms with Gasteiger partial charge in [-0.05, 0) is 42.0 Å². The first-order chi connectivity index (χ1) is 18.0. The van der Waals surface area contributed by atoms with E-state index in [-0.39, 0.29) is 17.6 Å². The van der Waals surface area contributed by atoms with E-state index in [0.29, 0.717) is 42.9 Å². The van der Waals surface area contributed by atoms with Crippen LogP contribution in [-0.4, -0.2) is 60.1 Å². The van der Waals surface area contributed by atoms with E-state index in [1.165, 1.54) is 0 Å². The first-order valence-electron chi connectivity index (χ1n) is 13.2. The minimum atomic E-state index is -0.0582. The maximum absolute atomic E-state index is 13.7. The lowest BCUT2D eigenvalue weighted by Gasteiger charge is -2.23. The summed E-state index contributed by atoms with van der Waals surface area (Å²) >= 11 is 0. The van der Waals surface area contributed by atoms with Gasteiger partial charge in [0.1, 0.15) is 0 Å². The van der Waals surface area contributed by atoms with Crippen molar-refractivity contribution in [3.8, 4) is 11.1 Å². The summed E-state index contributed by atoms with van der Waals surface area (Å²) in [4.78, 5) is 43.5. The number of fused-ring (bicyclic) bond motifs is 3. The van der Waals surface area contributed by atoms with Gasteiger partial charge in [-0.1, -0.05) is 68.4 Å². The lowest BCUT2D eigenvalue weighted by atomic mass is 9.98. The van der Waals surface area contributed by atoms with Crippen molar-refractivity contribution in [2.24, 2.45) is 0 Å². The molecule has 3 aromatic rings. The van der Waals surface area contributed by atoms with Crippen LogP contribution in [0.4, 0.5) is 5.69 Å². The summed E-state index contributed by atoms with van der Waals surface area (Å²) in [6.45, 7) is 7.03. The molecule has 0 bridgehead atoms. The number of rotatable bonds is 6. The maximum atomic E-state index is 13.7. The van der Waals surface area contributed by atoms with Gasteiger partial charge in [-0.3, -0.25) is 19.3 Å². The van der Waals surface area contributed by atoms with E-state index in [1.807, 2.05) is 41.3 Å². The van der Waals surface area contributed by atoms with E-state index in [2.05, 4.69) is 36.2 Å². The van der Waals surface area contributed by atoms with Crippen molar-refractivity contribution in [2.45, 2.75) is 33.1 Å². The molecule has 0 spiro atoms. The second-order valence-corrected chi connectivity index (χ2v) is 9.73. The zero-order chi connectivity index (χ0) is 25.9. The molecule has 1 aliphatic heterocycles. The van der Waals surface area contributed by atoms with E-state index in [9.17, 15) is 14.4 Å². The number of hydrogen-bond acceptors (Lipinski definition) is 4. The summed E-state index contributed by atoms with van der Waals surface area (Å²) in [6, 6.07) is 19.1. The second-order valence-electron chi connectivity index (χ2n) is 9.73. The largest absolute Gasteiger partial charge is 0.337 e. The number of hydrogen-bond donors (Lipinski definition) is 1. The van der Waals surface area contributed by atoms with Gasteiger partial charge in [0.25, 0.3) is 5.91 Å². The predicted molar refractivity (Wildman–Crippen MR) is 146 cm³/mol. The summed E-state index contributed by atoms with van der Waals surface area (Å²) in [5.41, 5.74) is 6.64. The Kier molecular flexibility index (Phi) is 7.19. The molecule has 1 heterocycles. The lowest BCUT2D eigenvalue weighted by molar-refractivity contribution is -0.117. The van der Waals surface area contributed by atoms with Gasteiger partial charge in [0.2, 0.25) is 5.91 Å². The van der Waals surface area contributed by atoms with Crippen molar-refractivity contribution < 1.29 is 14.4 Å². The predicted octanol–water partition coefficient (Wildman–Crippen LogP) is 4.81. The highest BCUT2D eigenvalue weighted by molar-refractivity contribution is 6.24. The molecule has 0 saturated carbocycles. The summed E-state index contributed by atoms with van der Waals surface area (Å²) in [5.74, 6) is -0.104. The number of nitrogens with one attached hydrogen (secondary N) is 1. The fraction of sp³-hybridized carbons (Fsp3) is 0.323. The van der Waals surface area contributed by atoms with Crippen LogP contribution in [0, 0.1) is 0 Å². The Hall–Kier alpha value is -3.77. The Morgan fingerprint density at radius 3 is 2.19 bits per heavy atom. The average Bonchev–Trinajstić information content (AvgIpc) is 3.05. The molecule has 6 heteroatoms. The van der Waals surface area contributed by atoms with Crippen molar-refractivity contribution in [1.82, 2.24) is 9.80 Å². The minimum Gasteiger partial charge on any atom is -0.337 e. The van der Waals surface area contributed by atoms with Gasteiger partial charge in [0.15, 0.2) is 5.78 Å². The number of benzene rings is 3. The normalized spacial score (nSPS) is 15.2. The van der Waals surface area contributed by atoms with Gasteiger partial charge >= 0.3 is 0 Å². The molecule has 0 aromatic heterocycles. The van der Waals surface area contributed by atoms with Gasteiger partial charge in [-0.15, -0.1) is 0 Å². The van der Waals surface area contributed by atoms with Crippen LogP contribution in [-0.2, 0) is 17.6 Å². The molecule has 0 atom stereocenters. The first-order valence-corrected chi connectivity index (χ1v) is 13.2. The molecule has 6 nitrogen and oxygen atoms in total. The Morgan fingerprint density at radius 2 is 1.46 bits per heavy atom. The second kappa shape index (κ2) is 10.7. The maximum Gasteiger partial charge on any atom is 0.254 e. The molecular weight excluding hydrogens is 462 g/mol. The van der Waals surface area contributed by atoms with Crippen LogP contribution in [0.1, 0.15) is 57.7 Å². The third-order valence-corrected chi connectivity index (χ3v) is 7.49. The Labute approximate surface area is 218 Å². The van der Waals surface area contributed by atoms with Crippen LogP contribution in [0.25, 0.3) is 11.1 Å². The molecule has 3 aromatic carbocycles. The number of ketones is 1. The fourth-order valence-electron chi connectivity index (χ4n) is 5.54. The van der Waals surface area contributed by atoms with Gasteiger partial charge in [-0.2, -0.15) is 0 Å². The zero-order valence-electron chi connectivity index (χ0n) is 21.5. The smallest absolute Gasteiger partial charge is 0.254 e. The zero-order valence-corrected chi connectivity index (χ0v) is 21.5. The third-order valence-electron chi connectivity index (χ3n) is 7.49. The average molecular weight is 496 g/mol. The minimum absolute atomic E-state index is 0.0219. The summed E-state index contributed by atoms with van der Waals surface area (Å²) < 4.78 is 0. The highest BCUT2D eigenvalue weighted by atomic mass is 16.2. The van der Waals surface area contributed by atoms with Crippen molar-refractivity contribution in [3.63, 3.8) is 0 Å². The number of amides is 2. The molecule has 0 unspecified atom stereocenters. The van der Waals surface area contributed by atoms with Crippen LogP contribution >= 0.6 is 0 Å². The van der Waals surface area contributed by atoms with Crippen molar-refractivity contribution in [2.75, 3.05) is 38.0 Å². The number of para-hydroxylation sites is 1. The molecule has 2 amide bonds. The van der Waals surface area contributed by atoms with Crippen molar-refractivity contribution in [1.29, 1.82) is 0 Å². The molecule has 1 aliphatic carbocycles. The van der Waals surface area contributed by atoms with Crippen LogP contribution < -0.4 is 5.32 Å². The number of carbonyl (C=O) groups excluding carboxylic acids is 3. The summed E-state index contributed by atoms with van der Waals surface area (Å²) in [5, 5.41) is 3.16.